The first-order valence-electron chi connectivity index (χ1n) is 12.3. The van der Waals surface area contributed by atoms with Crippen molar-refractivity contribution in [2.45, 2.75) is 36.3 Å². The molecule has 1 saturated heterocycles. The summed E-state index contributed by atoms with van der Waals surface area (Å²) in [7, 11) is 0. The van der Waals surface area contributed by atoms with Crippen molar-refractivity contribution >= 4 is 46.3 Å². The lowest BCUT2D eigenvalue weighted by Gasteiger charge is -2.40. The van der Waals surface area contributed by atoms with Gasteiger partial charge in [-0.25, -0.2) is 4.99 Å². The monoisotopic (exact) mass is 552 g/mol. The molecule has 0 bridgehead atoms. The van der Waals surface area contributed by atoms with Crippen LogP contribution in [0.4, 0.5) is 5.69 Å². The van der Waals surface area contributed by atoms with Gasteiger partial charge in [0.2, 0.25) is 6.29 Å². The van der Waals surface area contributed by atoms with Crippen molar-refractivity contribution < 1.29 is 4.79 Å². The highest BCUT2D eigenvalue weighted by Gasteiger charge is 2.33. The minimum atomic E-state index is -0.550. The van der Waals surface area contributed by atoms with E-state index in [0.717, 1.165) is 25.9 Å². The van der Waals surface area contributed by atoms with Crippen LogP contribution in [0.25, 0.3) is 5.52 Å². The molecule has 2 aromatic heterocycles. The van der Waals surface area contributed by atoms with Crippen LogP contribution in [0.2, 0.25) is 5.02 Å². The van der Waals surface area contributed by atoms with Crippen molar-refractivity contribution in [1.29, 1.82) is 0 Å². The molecule has 0 aliphatic carbocycles. The third-order valence-corrected chi connectivity index (χ3v) is 8.75. The van der Waals surface area contributed by atoms with Crippen molar-refractivity contribution in [3.05, 3.63) is 75.7 Å². The predicted octanol–water partition coefficient (Wildman–Crippen LogP) is 3.79. The smallest absolute Gasteiger partial charge is 0.267 e. The van der Waals surface area contributed by atoms with E-state index in [1.807, 2.05) is 6.07 Å². The van der Waals surface area contributed by atoms with Gasteiger partial charge in [0.05, 0.1) is 10.7 Å². The number of azo groups is 1. The van der Waals surface area contributed by atoms with E-state index >= 15 is 0 Å². The fourth-order valence-electron chi connectivity index (χ4n) is 4.47. The van der Waals surface area contributed by atoms with Crippen LogP contribution in [0.3, 0.4) is 0 Å². The number of nitrogens with zero attached hydrogens (tertiary/aromatic N) is 5. The van der Waals surface area contributed by atoms with Crippen molar-refractivity contribution in [3.8, 4) is 0 Å². The number of carbonyl (C=O) groups excluding carboxylic acids is 1. The van der Waals surface area contributed by atoms with Gasteiger partial charge in [-0.05, 0) is 61.2 Å². The molecule has 0 spiro atoms. The lowest BCUT2D eigenvalue weighted by Crippen LogP contribution is -2.47. The van der Waals surface area contributed by atoms with E-state index in [0.29, 0.717) is 33.5 Å². The third-order valence-electron chi connectivity index (χ3n) is 7.07. The summed E-state index contributed by atoms with van der Waals surface area (Å²) in [6.45, 7) is 4.54. The molecule has 2 aliphatic rings. The fraction of sp³-hybridized carbons (Fsp3) is 0.346. The summed E-state index contributed by atoms with van der Waals surface area (Å²) in [5, 5.41) is 11.4. The molecule has 1 fully saturated rings. The van der Waals surface area contributed by atoms with Crippen molar-refractivity contribution in [2.24, 2.45) is 32.1 Å². The summed E-state index contributed by atoms with van der Waals surface area (Å²) in [5.41, 5.74) is 13.0. The standard InChI is InChI=1S/C26H29ClN8O2S/c1-26(15-28)10-13-34(14-11-26)25-31-21(29)23(32-33-25)38-19-7-4-6-18(20(19)27)30-22(36)17-9-8-16-5-2-3-12-35(16)24(17)37/h2-9,12,23,25H,10-11,13-15,28H2,1H3,(H2,29,31)(H,30,36). The van der Waals surface area contributed by atoms with Crippen LogP contribution in [-0.4, -0.2) is 52.3 Å². The first-order valence-corrected chi connectivity index (χ1v) is 13.6. The molecule has 2 atom stereocenters. The van der Waals surface area contributed by atoms with Gasteiger partial charge < -0.3 is 16.8 Å². The van der Waals surface area contributed by atoms with Crippen molar-refractivity contribution in [2.75, 3.05) is 25.0 Å². The molecule has 5 N–H and O–H groups in total. The number of likely N-dealkylation sites (tertiary alicyclic amines) is 1. The van der Waals surface area contributed by atoms with Gasteiger partial charge in [0.15, 0.2) is 5.37 Å². The lowest BCUT2D eigenvalue weighted by atomic mass is 9.80. The fourth-order valence-corrected chi connectivity index (χ4v) is 5.67. The van der Waals surface area contributed by atoms with Gasteiger partial charge in [0.25, 0.3) is 11.5 Å². The number of amides is 1. The van der Waals surface area contributed by atoms with E-state index in [-0.39, 0.29) is 11.0 Å². The number of piperidine rings is 1. The van der Waals surface area contributed by atoms with E-state index in [4.69, 9.17) is 23.1 Å². The van der Waals surface area contributed by atoms with Gasteiger partial charge in [-0.15, -0.1) is 5.11 Å². The molecule has 0 radical (unpaired) electrons. The number of nitrogens with one attached hydrogen (secondary N) is 1. The van der Waals surface area contributed by atoms with Crippen LogP contribution in [0.5, 0.6) is 0 Å². The Bertz CT molecular complexity index is 1480. The second-order valence-electron chi connectivity index (χ2n) is 9.77. The summed E-state index contributed by atoms with van der Waals surface area (Å²) >= 11 is 7.94. The SMILES string of the molecule is CC1(CN)CCN(C2N=NC(Sc3cccc(NC(=O)c4ccc5ccccn5c4=O)c3Cl)C(N)=N2)CC1. The summed E-state index contributed by atoms with van der Waals surface area (Å²) in [4.78, 5) is 33.2. The molecule has 2 aliphatic heterocycles. The molecule has 0 saturated carbocycles. The Morgan fingerprint density at radius 3 is 2.68 bits per heavy atom. The number of aromatic nitrogens is 1. The Hall–Kier alpha value is -3.25. The first-order chi connectivity index (χ1) is 18.3. The highest BCUT2D eigenvalue weighted by atomic mass is 35.5. The number of nitrogens with two attached hydrogens (primary N) is 2. The number of aliphatic imine (C=N–C) groups is 1. The van der Waals surface area contributed by atoms with Gasteiger partial charge in [-0.3, -0.25) is 18.9 Å². The molecule has 1 amide bonds. The zero-order chi connectivity index (χ0) is 26.9. The highest BCUT2D eigenvalue weighted by Crippen LogP contribution is 2.37. The van der Waals surface area contributed by atoms with Crippen LogP contribution in [0.1, 0.15) is 30.1 Å². The van der Waals surface area contributed by atoms with Gasteiger partial charge >= 0.3 is 0 Å². The molecule has 198 valence electrons. The third kappa shape index (κ3) is 5.32. The normalized spacial score (nSPS) is 21.3. The van der Waals surface area contributed by atoms with E-state index in [1.54, 1.807) is 42.6 Å². The molecule has 3 aromatic rings. The number of pyridine rings is 2. The second-order valence-corrected chi connectivity index (χ2v) is 11.3. The van der Waals surface area contributed by atoms with E-state index in [2.05, 4.69) is 32.4 Å². The van der Waals surface area contributed by atoms with E-state index in [1.165, 1.54) is 22.2 Å². The Labute approximate surface area is 229 Å². The molecular formula is C26H29ClN8O2S. The van der Waals surface area contributed by atoms with Crippen molar-refractivity contribution in [1.82, 2.24) is 9.30 Å². The maximum atomic E-state index is 13.0. The van der Waals surface area contributed by atoms with Gasteiger partial charge in [0, 0.05) is 29.7 Å². The largest absolute Gasteiger partial charge is 0.385 e. The maximum absolute atomic E-state index is 13.0. The molecule has 4 heterocycles. The number of carbonyl (C=O) groups is 1. The number of benzene rings is 1. The summed E-state index contributed by atoms with van der Waals surface area (Å²) in [6, 6.07) is 13.8. The number of halogens is 1. The summed E-state index contributed by atoms with van der Waals surface area (Å²) in [6.07, 6.45) is 3.14. The molecule has 5 rings (SSSR count). The predicted molar refractivity (Wildman–Crippen MR) is 151 cm³/mol. The Morgan fingerprint density at radius 2 is 1.95 bits per heavy atom. The van der Waals surface area contributed by atoms with Crippen LogP contribution in [-0.2, 0) is 0 Å². The molecule has 12 heteroatoms. The zero-order valence-corrected chi connectivity index (χ0v) is 22.5. The quantitative estimate of drug-likeness (QED) is 0.424. The van der Waals surface area contributed by atoms with Gasteiger partial charge in [-0.2, -0.15) is 5.11 Å². The minimum Gasteiger partial charge on any atom is -0.385 e. The zero-order valence-electron chi connectivity index (χ0n) is 20.9. The van der Waals surface area contributed by atoms with Gasteiger partial charge in [-0.1, -0.05) is 42.4 Å². The second kappa shape index (κ2) is 10.9. The van der Waals surface area contributed by atoms with E-state index in [9.17, 15) is 9.59 Å². The molecule has 38 heavy (non-hydrogen) atoms. The maximum Gasteiger partial charge on any atom is 0.267 e. The molecule has 1 aromatic carbocycles. The highest BCUT2D eigenvalue weighted by molar-refractivity contribution is 8.00. The van der Waals surface area contributed by atoms with E-state index < -0.39 is 23.1 Å². The number of fused-ring (bicyclic) bond motifs is 1. The Morgan fingerprint density at radius 1 is 1.16 bits per heavy atom. The number of anilines is 1. The number of hydrogen-bond donors (Lipinski definition) is 3. The van der Waals surface area contributed by atoms with Crippen LogP contribution >= 0.6 is 23.4 Å². The number of thioether (sulfide) groups is 1. The first kappa shape index (κ1) is 26.4. The number of rotatable bonds is 6. The Kier molecular flexibility index (Phi) is 7.53. The van der Waals surface area contributed by atoms with Crippen LogP contribution in [0.15, 0.2) is 79.6 Å². The van der Waals surface area contributed by atoms with Crippen LogP contribution < -0.4 is 22.3 Å². The molecule has 2 unspecified atom stereocenters. The van der Waals surface area contributed by atoms with Gasteiger partial charge in [0.1, 0.15) is 11.4 Å². The minimum absolute atomic E-state index is 0.0100. The Balaban J connectivity index is 1.27. The summed E-state index contributed by atoms with van der Waals surface area (Å²) < 4.78 is 1.42. The average Bonchev–Trinajstić information content (AvgIpc) is 2.92. The molecular weight excluding hydrogens is 524 g/mol. The number of hydrogen-bond acceptors (Lipinski definition) is 9. The summed E-state index contributed by atoms with van der Waals surface area (Å²) in [5.74, 6) is -0.192. The molecule has 10 nitrogen and oxygen atoms in total. The topological polar surface area (TPSA) is 143 Å². The van der Waals surface area contributed by atoms with Crippen LogP contribution in [0, 0.1) is 5.41 Å². The average molecular weight is 553 g/mol. The number of amidine groups is 1. The van der Waals surface area contributed by atoms with Crippen molar-refractivity contribution in [3.63, 3.8) is 0 Å². The lowest BCUT2D eigenvalue weighted by molar-refractivity contribution is 0.0897.